The number of carbonyl (C=O) groups excluding carboxylic acids is 2. The lowest BCUT2D eigenvalue weighted by atomic mass is 10.3. The second-order valence-electron chi connectivity index (χ2n) is 3.01. The molecule has 2 N–H and O–H groups in total. The van der Waals surface area contributed by atoms with E-state index >= 15 is 0 Å². The highest BCUT2D eigenvalue weighted by atomic mass is 35.5. The van der Waals surface area contributed by atoms with Crippen LogP contribution in [0.15, 0.2) is 18.3 Å². The van der Waals surface area contributed by atoms with E-state index in [2.05, 4.69) is 15.6 Å². The Balaban J connectivity index is 2.47. The van der Waals surface area contributed by atoms with Gasteiger partial charge in [0, 0.05) is 12.7 Å². The summed E-state index contributed by atoms with van der Waals surface area (Å²) >= 11 is 5.58. The quantitative estimate of drug-likeness (QED) is 0.759. The lowest BCUT2D eigenvalue weighted by molar-refractivity contribution is -0.120. The molecule has 86 valence electrons. The first-order valence-electron chi connectivity index (χ1n) is 4.80. The van der Waals surface area contributed by atoms with E-state index in [9.17, 15) is 9.59 Å². The van der Waals surface area contributed by atoms with Gasteiger partial charge in [-0.05, 0) is 19.1 Å². The molecule has 1 aromatic heterocycles. The molecule has 0 saturated heterocycles. The van der Waals surface area contributed by atoms with Gasteiger partial charge in [0.05, 0.1) is 12.1 Å². The first-order chi connectivity index (χ1) is 7.63. The lowest BCUT2D eigenvalue weighted by Crippen LogP contribution is -2.36. The van der Waals surface area contributed by atoms with Crippen molar-refractivity contribution in [2.45, 2.75) is 6.92 Å². The second kappa shape index (κ2) is 6.07. The zero-order chi connectivity index (χ0) is 12.0. The summed E-state index contributed by atoms with van der Waals surface area (Å²) in [4.78, 5) is 26.3. The molecule has 0 bridgehead atoms. The Kier molecular flexibility index (Phi) is 4.72. The fourth-order valence-electron chi connectivity index (χ4n) is 1.03. The molecular formula is C10H12ClN3O2. The molecule has 0 atom stereocenters. The van der Waals surface area contributed by atoms with E-state index in [1.54, 1.807) is 6.07 Å². The summed E-state index contributed by atoms with van der Waals surface area (Å²) < 4.78 is 0. The van der Waals surface area contributed by atoms with Gasteiger partial charge in [-0.2, -0.15) is 0 Å². The van der Waals surface area contributed by atoms with Crippen LogP contribution in [0.1, 0.15) is 17.3 Å². The average Bonchev–Trinajstić information content (AvgIpc) is 2.27. The first-order valence-corrected chi connectivity index (χ1v) is 5.17. The van der Waals surface area contributed by atoms with Crippen LogP contribution in [0.4, 0.5) is 0 Å². The van der Waals surface area contributed by atoms with Crippen LogP contribution in [0.5, 0.6) is 0 Å². The third-order valence-electron chi connectivity index (χ3n) is 1.77. The number of pyridine rings is 1. The molecule has 0 aliphatic heterocycles. The normalized spacial score (nSPS) is 9.62. The number of amides is 2. The van der Waals surface area contributed by atoms with Gasteiger partial charge in [0.15, 0.2) is 0 Å². The SMILES string of the molecule is CCNC(=O)CNC(=O)c1ccc(Cl)nc1. The molecule has 0 fully saturated rings. The second-order valence-corrected chi connectivity index (χ2v) is 3.39. The van der Waals surface area contributed by atoms with Gasteiger partial charge in [0.25, 0.3) is 5.91 Å². The van der Waals surface area contributed by atoms with Gasteiger partial charge in [-0.25, -0.2) is 4.98 Å². The lowest BCUT2D eigenvalue weighted by Gasteiger charge is -2.04. The molecular weight excluding hydrogens is 230 g/mol. The molecule has 16 heavy (non-hydrogen) atoms. The molecule has 0 unspecified atom stereocenters. The summed E-state index contributed by atoms with van der Waals surface area (Å²) in [7, 11) is 0. The third-order valence-corrected chi connectivity index (χ3v) is 2.00. The number of halogens is 1. The summed E-state index contributed by atoms with van der Waals surface area (Å²) in [6.07, 6.45) is 1.36. The van der Waals surface area contributed by atoms with Crippen molar-refractivity contribution in [3.05, 3.63) is 29.0 Å². The maximum absolute atomic E-state index is 11.5. The third kappa shape index (κ3) is 3.86. The smallest absolute Gasteiger partial charge is 0.253 e. The summed E-state index contributed by atoms with van der Waals surface area (Å²) in [5.41, 5.74) is 0.369. The van der Waals surface area contributed by atoms with Gasteiger partial charge in [0.2, 0.25) is 5.91 Å². The van der Waals surface area contributed by atoms with Crippen LogP contribution in [-0.2, 0) is 4.79 Å². The number of hydrogen-bond donors (Lipinski definition) is 2. The number of rotatable bonds is 4. The first kappa shape index (κ1) is 12.4. The van der Waals surface area contributed by atoms with Crippen molar-refractivity contribution < 1.29 is 9.59 Å². The maximum Gasteiger partial charge on any atom is 0.253 e. The largest absolute Gasteiger partial charge is 0.355 e. The van der Waals surface area contributed by atoms with E-state index in [0.717, 1.165) is 0 Å². The van der Waals surface area contributed by atoms with E-state index in [1.165, 1.54) is 12.3 Å². The number of carbonyl (C=O) groups is 2. The highest BCUT2D eigenvalue weighted by molar-refractivity contribution is 6.29. The molecule has 0 radical (unpaired) electrons. The average molecular weight is 242 g/mol. The molecule has 0 aliphatic rings. The highest BCUT2D eigenvalue weighted by Gasteiger charge is 2.07. The Morgan fingerprint density at radius 3 is 2.69 bits per heavy atom. The van der Waals surface area contributed by atoms with Crippen LogP contribution in [0, 0.1) is 0 Å². The minimum atomic E-state index is -0.351. The number of hydrogen-bond acceptors (Lipinski definition) is 3. The Hall–Kier alpha value is -1.62. The zero-order valence-electron chi connectivity index (χ0n) is 8.79. The fraction of sp³-hybridized carbons (Fsp3) is 0.300. The molecule has 0 saturated carbocycles. The topological polar surface area (TPSA) is 71.1 Å². The van der Waals surface area contributed by atoms with Gasteiger partial charge < -0.3 is 10.6 Å². The maximum atomic E-state index is 11.5. The minimum Gasteiger partial charge on any atom is -0.355 e. The summed E-state index contributed by atoms with van der Waals surface area (Å²) in [6.45, 7) is 2.30. The zero-order valence-corrected chi connectivity index (χ0v) is 9.54. The van der Waals surface area contributed by atoms with E-state index < -0.39 is 0 Å². The van der Waals surface area contributed by atoms with Crippen LogP contribution in [0.3, 0.4) is 0 Å². The molecule has 1 heterocycles. The van der Waals surface area contributed by atoms with E-state index in [0.29, 0.717) is 17.3 Å². The van der Waals surface area contributed by atoms with Crippen molar-refractivity contribution in [2.24, 2.45) is 0 Å². The van der Waals surface area contributed by atoms with E-state index in [1.807, 2.05) is 6.92 Å². The molecule has 0 aromatic carbocycles. The highest BCUT2D eigenvalue weighted by Crippen LogP contribution is 2.04. The molecule has 0 aliphatic carbocycles. The number of nitrogens with zero attached hydrogens (tertiary/aromatic N) is 1. The van der Waals surface area contributed by atoms with Crippen molar-refractivity contribution in [1.82, 2.24) is 15.6 Å². The van der Waals surface area contributed by atoms with Crippen molar-refractivity contribution in [3.8, 4) is 0 Å². The van der Waals surface area contributed by atoms with Gasteiger partial charge in [-0.3, -0.25) is 9.59 Å². The van der Waals surface area contributed by atoms with Crippen molar-refractivity contribution in [2.75, 3.05) is 13.1 Å². The predicted octanol–water partition coefficient (Wildman–Crippen LogP) is 0.601. The van der Waals surface area contributed by atoms with E-state index in [-0.39, 0.29) is 18.4 Å². The number of nitrogens with one attached hydrogen (secondary N) is 2. The Morgan fingerprint density at radius 1 is 1.38 bits per heavy atom. The summed E-state index contributed by atoms with van der Waals surface area (Å²) in [5, 5.41) is 5.36. The minimum absolute atomic E-state index is 0.0463. The molecule has 2 amide bonds. The van der Waals surface area contributed by atoms with Gasteiger partial charge in [-0.1, -0.05) is 11.6 Å². The number of aromatic nitrogens is 1. The Labute approximate surface area is 98.2 Å². The summed E-state index contributed by atoms with van der Waals surface area (Å²) in [6, 6.07) is 3.06. The van der Waals surface area contributed by atoms with Gasteiger partial charge in [-0.15, -0.1) is 0 Å². The Bertz CT molecular complexity index is 378. The fourth-order valence-corrected chi connectivity index (χ4v) is 1.14. The molecule has 1 rings (SSSR count). The molecule has 0 spiro atoms. The number of likely N-dealkylation sites (N-methyl/N-ethyl adjacent to an activating group) is 1. The molecule has 5 nitrogen and oxygen atoms in total. The van der Waals surface area contributed by atoms with Crippen LogP contribution in [0.2, 0.25) is 5.15 Å². The monoisotopic (exact) mass is 241 g/mol. The Morgan fingerprint density at radius 2 is 2.12 bits per heavy atom. The summed E-state index contributed by atoms with van der Waals surface area (Å²) in [5.74, 6) is -0.576. The van der Waals surface area contributed by atoms with E-state index in [4.69, 9.17) is 11.6 Å². The standard InChI is InChI=1S/C10H12ClN3O2/c1-2-12-9(15)6-14-10(16)7-3-4-8(11)13-5-7/h3-5H,2,6H2,1H3,(H,12,15)(H,14,16). The van der Waals surface area contributed by atoms with Crippen LogP contribution in [0.25, 0.3) is 0 Å². The van der Waals surface area contributed by atoms with Gasteiger partial charge in [0.1, 0.15) is 5.15 Å². The van der Waals surface area contributed by atoms with Gasteiger partial charge >= 0.3 is 0 Å². The molecule has 1 aromatic rings. The predicted molar refractivity (Wildman–Crippen MR) is 60.3 cm³/mol. The van der Waals surface area contributed by atoms with Crippen molar-refractivity contribution in [3.63, 3.8) is 0 Å². The van der Waals surface area contributed by atoms with Crippen molar-refractivity contribution in [1.29, 1.82) is 0 Å². The van der Waals surface area contributed by atoms with Crippen molar-refractivity contribution >= 4 is 23.4 Å². The van der Waals surface area contributed by atoms with Crippen LogP contribution >= 0.6 is 11.6 Å². The van der Waals surface area contributed by atoms with Crippen LogP contribution in [-0.4, -0.2) is 29.9 Å². The molecule has 6 heteroatoms. The van der Waals surface area contributed by atoms with Crippen LogP contribution < -0.4 is 10.6 Å².